The normalized spacial score (nSPS) is 13.5. The summed E-state index contributed by atoms with van der Waals surface area (Å²) in [5.41, 5.74) is 4.68. The summed E-state index contributed by atoms with van der Waals surface area (Å²) in [5.74, 6) is 1.83. The van der Waals surface area contributed by atoms with Gasteiger partial charge in [0.15, 0.2) is 11.0 Å². The van der Waals surface area contributed by atoms with Crippen molar-refractivity contribution in [3.05, 3.63) is 71.2 Å². The van der Waals surface area contributed by atoms with Gasteiger partial charge in [0, 0.05) is 15.4 Å². The van der Waals surface area contributed by atoms with E-state index < -0.39 is 6.85 Å². The SMILES string of the molecule is [2H]C([2H])([2H])c1c(C)nc(C)nc1-n1c(-c2ccccc2C)[n+](C)c2ccccc21. The van der Waals surface area contributed by atoms with E-state index in [1.807, 2.05) is 48.0 Å². The molecule has 0 saturated carbocycles. The fourth-order valence-electron chi connectivity index (χ4n) is 3.51. The first kappa shape index (κ1) is 13.2. The van der Waals surface area contributed by atoms with Gasteiger partial charge >= 0.3 is 0 Å². The van der Waals surface area contributed by atoms with Crippen LogP contribution in [0.25, 0.3) is 28.2 Å². The van der Waals surface area contributed by atoms with Crippen molar-refractivity contribution in [3.63, 3.8) is 0 Å². The summed E-state index contributed by atoms with van der Waals surface area (Å²) < 4.78 is 28.5. The molecule has 0 unspecified atom stereocenters. The van der Waals surface area contributed by atoms with Gasteiger partial charge in [-0.3, -0.25) is 0 Å². The summed E-state index contributed by atoms with van der Waals surface area (Å²) in [4.78, 5) is 8.97. The Bertz CT molecular complexity index is 1240. The van der Waals surface area contributed by atoms with Crippen molar-refractivity contribution in [1.29, 1.82) is 0 Å². The number of fused-ring (bicyclic) bond motifs is 1. The van der Waals surface area contributed by atoms with Crippen LogP contribution in [0.3, 0.4) is 0 Å². The molecule has 2 heterocycles. The third-order valence-corrected chi connectivity index (χ3v) is 4.79. The Balaban J connectivity index is 2.22. The zero-order chi connectivity index (χ0) is 20.9. The molecule has 0 radical (unpaired) electrons. The number of aryl methyl sites for hydroxylation is 4. The summed E-state index contributed by atoms with van der Waals surface area (Å²) in [6, 6.07) is 16.1. The molecule has 4 heteroatoms. The first-order chi connectivity index (χ1) is 13.7. The van der Waals surface area contributed by atoms with Crippen molar-refractivity contribution < 1.29 is 8.68 Å². The van der Waals surface area contributed by atoms with E-state index >= 15 is 0 Å². The molecule has 0 fully saturated rings. The second-order valence-corrected chi connectivity index (χ2v) is 6.58. The van der Waals surface area contributed by atoms with E-state index in [0.29, 0.717) is 17.3 Å². The van der Waals surface area contributed by atoms with Crippen LogP contribution in [0.1, 0.15) is 26.8 Å². The van der Waals surface area contributed by atoms with Gasteiger partial charge in [-0.05, 0) is 51.4 Å². The molecule has 0 aliphatic carbocycles. The maximum atomic E-state index is 8.14. The van der Waals surface area contributed by atoms with Crippen LogP contribution in [0.2, 0.25) is 0 Å². The standard InChI is InChI=1S/C22H23N4/c1-14-10-6-7-11-18(14)22-25(5)19-12-8-9-13-20(19)26(22)21-15(2)16(3)23-17(4)24-21/h6-13H,1-5H3/q+1/i2D3. The number of benzene rings is 2. The molecule has 2 aromatic carbocycles. The number of aromatic nitrogens is 4. The average Bonchev–Trinajstić information content (AvgIpc) is 2.93. The zero-order valence-corrected chi connectivity index (χ0v) is 15.4. The van der Waals surface area contributed by atoms with E-state index in [1.165, 1.54) is 0 Å². The molecular weight excluding hydrogens is 320 g/mol. The minimum absolute atomic E-state index is 0.180. The molecule has 0 amide bonds. The monoisotopic (exact) mass is 346 g/mol. The molecule has 0 aliphatic rings. The molecule has 0 saturated heterocycles. The molecule has 0 aliphatic heterocycles. The first-order valence-electron chi connectivity index (χ1n) is 10.1. The summed E-state index contributed by atoms with van der Waals surface area (Å²) in [6.45, 7) is 3.25. The molecule has 0 atom stereocenters. The molecule has 4 aromatic rings. The van der Waals surface area contributed by atoms with Crippen LogP contribution < -0.4 is 4.57 Å². The Morgan fingerprint density at radius 1 is 0.962 bits per heavy atom. The van der Waals surface area contributed by atoms with Gasteiger partial charge in [-0.15, -0.1) is 0 Å². The Labute approximate surface area is 158 Å². The topological polar surface area (TPSA) is 34.6 Å². The minimum Gasteiger partial charge on any atom is -0.238 e. The Morgan fingerprint density at radius 2 is 1.69 bits per heavy atom. The summed E-state index contributed by atoms with van der Waals surface area (Å²) >= 11 is 0. The number of hydrogen-bond acceptors (Lipinski definition) is 2. The van der Waals surface area contributed by atoms with Crippen LogP contribution in [0.15, 0.2) is 48.5 Å². The van der Waals surface area contributed by atoms with Crippen molar-refractivity contribution >= 4 is 11.0 Å². The molecule has 0 N–H and O–H groups in total. The fourth-order valence-corrected chi connectivity index (χ4v) is 3.51. The van der Waals surface area contributed by atoms with Crippen LogP contribution >= 0.6 is 0 Å². The highest BCUT2D eigenvalue weighted by Gasteiger charge is 2.29. The number of nitrogens with zero attached hydrogens (tertiary/aromatic N) is 4. The fraction of sp³-hybridized carbons (Fsp3) is 0.227. The smallest absolute Gasteiger partial charge is 0.238 e. The molecule has 4 rings (SSSR count). The van der Waals surface area contributed by atoms with Crippen molar-refractivity contribution in [3.8, 4) is 17.2 Å². The second-order valence-electron chi connectivity index (χ2n) is 6.58. The molecular formula is C22H23N4+. The molecule has 130 valence electrons. The Hall–Kier alpha value is -3.01. The third-order valence-electron chi connectivity index (χ3n) is 4.79. The highest BCUT2D eigenvalue weighted by Crippen LogP contribution is 2.29. The summed E-state index contributed by atoms with van der Waals surface area (Å²) in [6.07, 6.45) is 0. The Morgan fingerprint density at radius 3 is 2.46 bits per heavy atom. The van der Waals surface area contributed by atoms with E-state index in [-0.39, 0.29) is 5.56 Å². The van der Waals surface area contributed by atoms with Gasteiger partial charge in [0.1, 0.15) is 5.82 Å². The maximum absolute atomic E-state index is 8.14. The largest absolute Gasteiger partial charge is 0.296 e. The third kappa shape index (κ3) is 2.41. The van der Waals surface area contributed by atoms with Crippen LogP contribution in [0, 0.1) is 27.6 Å². The highest BCUT2D eigenvalue weighted by atomic mass is 15.2. The lowest BCUT2D eigenvalue weighted by Gasteiger charge is -2.09. The molecule has 2 aromatic heterocycles. The summed E-state index contributed by atoms with van der Waals surface area (Å²) in [7, 11) is 2.00. The van der Waals surface area contributed by atoms with Gasteiger partial charge in [0.25, 0.3) is 5.82 Å². The highest BCUT2D eigenvalue weighted by molar-refractivity contribution is 5.79. The van der Waals surface area contributed by atoms with Gasteiger partial charge < -0.3 is 0 Å². The van der Waals surface area contributed by atoms with E-state index in [9.17, 15) is 0 Å². The summed E-state index contributed by atoms with van der Waals surface area (Å²) in [5, 5.41) is 0. The Kier molecular flexibility index (Phi) is 3.08. The maximum Gasteiger partial charge on any atom is 0.296 e. The lowest BCUT2D eigenvalue weighted by atomic mass is 10.1. The van der Waals surface area contributed by atoms with Gasteiger partial charge in [-0.25, -0.2) is 9.55 Å². The predicted molar refractivity (Wildman–Crippen MR) is 104 cm³/mol. The molecule has 0 spiro atoms. The van der Waals surface area contributed by atoms with Crippen LogP contribution in [-0.2, 0) is 7.05 Å². The quantitative estimate of drug-likeness (QED) is 0.511. The van der Waals surface area contributed by atoms with Gasteiger partial charge in [-0.1, -0.05) is 30.3 Å². The van der Waals surface area contributed by atoms with E-state index in [0.717, 1.165) is 28.0 Å². The van der Waals surface area contributed by atoms with Gasteiger partial charge in [0.05, 0.1) is 12.6 Å². The van der Waals surface area contributed by atoms with Crippen molar-refractivity contribution in [2.24, 2.45) is 7.05 Å². The molecule has 4 nitrogen and oxygen atoms in total. The van der Waals surface area contributed by atoms with Gasteiger partial charge in [-0.2, -0.15) is 9.55 Å². The average molecular weight is 346 g/mol. The second kappa shape index (κ2) is 6.06. The van der Waals surface area contributed by atoms with Gasteiger partial charge in [0.2, 0.25) is 5.82 Å². The van der Waals surface area contributed by atoms with Crippen LogP contribution in [-0.4, -0.2) is 14.5 Å². The predicted octanol–water partition coefficient (Wildman–Crippen LogP) is 4.15. The van der Waals surface area contributed by atoms with E-state index in [1.54, 1.807) is 13.8 Å². The van der Waals surface area contributed by atoms with Crippen LogP contribution in [0.4, 0.5) is 0 Å². The lowest BCUT2D eigenvalue weighted by molar-refractivity contribution is -0.633. The van der Waals surface area contributed by atoms with Crippen molar-refractivity contribution in [1.82, 2.24) is 14.5 Å². The number of imidazole rings is 1. The number of hydrogen-bond donors (Lipinski definition) is 0. The van der Waals surface area contributed by atoms with E-state index in [4.69, 9.17) is 4.11 Å². The molecule has 26 heavy (non-hydrogen) atoms. The first-order valence-corrected chi connectivity index (χ1v) is 8.61. The molecule has 0 bridgehead atoms. The number of rotatable bonds is 2. The number of para-hydroxylation sites is 2. The van der Waals surface area contributed by atoms with E-state index in [2.05, 4.69) is 33.6 Å². The van der Waals surface area contributed by atoms with Crippen LogP contribution in [0.5, 0.6) is 0 Å². The lowest BCUT2D eigenvalue weighted by Crippen LogP contribution is -2.30. The minimum atomic E-state index is -2.33. The zero-order valence-electron chi connectivity index (χ0n) is 18.4. The van der Waals surface area contributed by atoms with Crippen molar-refractivity contribution in [2.75, 3.05) is 0 Å². The van der Waals surface area contributed by atoms with Crippen molar-refractivity contribution in [2.45, 2.75) is 27.6 Å².